The summed E-state index contributed by atoms with van der Waals surface area (Å²) in [5.74, 6) is 0.275. The maximum absolute atomic E-state index is 12.9. The number of amides is 1. The summed E-state index contributed by atoms with van der Waals surface area (Å²) in [6, 6.07) is 11.4. The van der Waals surface area contributed by atoms with Gasteiger partial charge in [-0.05, 0) is 74.7 Å². The largest absolute Gasteiger partial charge is 0.494 e. The molecule has 0 bridgehead atoms. The molecule has 0 heterocycles. The number of hydrogen-bond donors (Lipinski definition) is 1. The van der Waals surface area contributed by atoms with E-state index in [1.54, 1.807) is 31.2 Å². The number of ether oxygens (including phenoxy) is 1. The van der Waals surface area contributed by atoms with Crippen LogP contribution in [-0.4, -0.2) is 33.2 Å². The Morgan fingerprint density at radius 2 is 1.71 bits per heavy atom. The fourth-order valence-corrected chi connectivity index (χ4v) is 4.17. The SMILES string of the molecule is CCOc1ccc(N([C@@H](CC)C(=O)Nc2ccc(C)c(C)c2)S(C)(=O)=O)cc1. The molecule has 6 nitrogen and oxygen atoms in total. The second-order valence-electron chi connectivity index (χ2n) is 6.70. The molecule has 0 radical (unpaired) electrons. The molecule has 2 aromatic carbocycles. The van der Waals surface area contributed by atoms with Crippen molar-refractivity contribution in [3.8, 4) is 5.75 Å². The Labute approximate surface area is 167 Å². The molecular formula is C21H28N2O4S. The number of nitrogens with zero attached hydrogens (tertiary/aromatic N) is 1. The second kappa shape index (κ2) is 9.10. The van der Waals surface area contributed by atoms with Gasteiger partial charge in [0.05, 0.1) is 18.6 Å². The fourth-order valence-electron chi connectivity index (χ4n) is 2.96. The Morgan fingerprint density at radius 1 is 1.07 bits per heavy atom. The summed E-state index contributed by atoms with van der Waals surface area (Å²) in [5, 5.41) is 2.85. The van der Waals surface area contributed by atoms with Crippen LogP contribution in [0, 0.1) is 13.8 Å². The number of anilines is 2. The van der Waals surface area contributed by atoms with Crippen LogP contribution in [0.2, 0.25) is 0 Å². The summed E-state index contributed by atoms with van der Waals surface area (Å²) in [7, 11) is -3.67. The second-order valence-corrected chi connectivity index (χ2v) is 8.56. The zero-order chi connectivity index (χ0) is 20.9. The number of rotatable bonds is 8. The van der Waals surface area contributed by atoms with Crippen molar-refractivity contribution in [2.75, 3.05) is 22.5 Å². The van der Waals surface area contributed by atoms with Gasteiger partial charge in [-0.1, -0.05) is 13.0 Å². The van der Waals surface area contributed by atoms with Crippen LogP contribution in [0.4, 0.5) is 11.4 Å². The van der Waals surface area contributed by atoms with Crippen molar-refractivity contribution in [3.05, 3.63) is 53.6 Å². The van der Waals surface area contributed by atoms with Crippen LogP contribution < -0.4 is 14.4 Å². The number of sulfonamides is 1. The molecule has 0 aliphatic carbocycles. The average Bonchev–Trinajstić information content (AvgIpc) is 2.62. The van der Waals surface area contributed by atoms with Gasteiger partial charge in [0.1, 0.15) is 11.8 Å². The van der Waals surface area contributed by atoms with Gasteiger partial charge in [-0.25, -0.2) is 8.42 Å². The Bertz CT molecular complexity index is 924. The van der Waals surface area contributed by atoms with E-state index in [0.29, 0.717) is 30.2 Å². The molecule has 0 aliphatic rings. The minimum Gasteiger partial charge on any atom is -0.494 e. The van der Waals surface area contributed by atoms with E-state index in [4.69, 9.17) is 4.74 Å². The van der Waals surface area contributed by atoms with Gasteiger partial charge in [0.2, 0.25) is 15.9 Å². The van der Waals surface area contributed by atoms with Gasteiger partial charge >= 0.3 is 0 Å². The number of nitrogens with one attached hydrogen (secondary N) is 1. The van der Waals surface area contributed by atoms with E-state index in [-0.39, 0.29) is 5.91 Å². The van der Waals surface area contributed by atoms with Crippen molar-refractivity contribution in [2.45, 2.75) is 40.2 Å². The molecule has 2 aromatic rings. The Morgan fingerprint density at radius 3 is 2.21 bits per heavy atom. The van der Waals surface area contributed by atoms with Gasteiger partial charge in [-0.15, -0.1) is 0 Å². The molecule has 28 heavy (non-hydrogen) atoms. The fraction of sp³-hybridized carbons (Fsp3) is 0.381. The van der Waals surface area contributed by atoms with Crippen molar-refractivity contribution in [3.63, 3.8) is 0 Å². The molecular weight excluding hydrogens is 376 g/mol. The molecule has 0 aromatic heterocycles. The van der Waals surface area contributed by atoms with Crippen molar-refractivity contribution in [2.24, 2.45) is 0 Å². The number of aryl methyl sites for hydroxylation is 2. The molecule has 0 saturated heterocycles. The van der Waals surface area contributed by atoms with E-state index in [2.05, 4.69) is 5.32 Å². The molecule has 7 heteroatoms. The predicted molar refractivity (Wildman–Crippen MR) is 114 cm³/mol. The van der Waals surface area contributed by atoms with E-state index in [0.717, 1.165) is 17.4 Å². The van der Waals surface area contributed by atoms with Gasteiger partial charge < -0.3 is 10.1 Å². The highest BCUT2D eigenvalue weighted by molar-refractivity contribution is 7.92. The lowest BCUT2D eigenvalue weighted by atomic mass is 10.1. The normalized spacial score (nSPS) is 12.3. The van der Waals surface area contributed by atoms with Crippen LogP contribution in [-0.2, 0) is 14.8 Å². The lowest BCUT2D eigenvalue weighted by Gasteiger charge is -2.30. The summed E-state index contributed by atoms with van der Waals surface area (Å²) in [6.07, 6.45) is 1.44. The third-order valence-corrected chi connectivity index (χ3v) is 5.69. The summed E-state index contributed by atoms with van der Waals surface area (Å²) in [4.78, 5) is 12.9. The molecule has 1 atom stereocenters. The Balaban J connectivity index is 2.34. The molecule has 152 valence electrons. The Hall–Kier alpha value is -2.54. The third kappa shape index (κ3) is 5.25. The summed E-state index contributed by atoms with van der Waals surface area (Å²) >= 11 is 0. The van der Waals surface area contributed by atoms with Crippen molar-refractivity contribution in [1.29, 1.82) is 0 Å². The van der Waals surface area contributed by atoms with Gasteiger partial charge in [0.15, 0.2) is 0 Å². The van der Waals surface area contributed by atoms with Gasteiger partial charge in [0.25, 0.3) is 0 Å². The lowest BCUT2D eigenvalue weighted by Crippen LogP contribution is -2.47. The zero-order valence-corrected chi connectivity index (χ0v) is 17.8. The van der Waals surface area contributed by atoms with Crippen LogP contribution in [0.5, 0.6) is 5.75 Å². The molecule has 0 fully saturated rings. The van der Waals surface area contributed by atoms with Crippen LogP contribution in [0.15, 0.2) is 42.5 Å². The maximum atomic E-state index is 12.9. The Kier molecular flexibility index (Phi) is 7.07. The van der Waals surface area contributed by atoms with Crippen LogP contribution in [0.3, 0.4) is 0 Å². The number of carbonyl (C=O) groups excluding carboxylic acids is 1. The summed E-state index contributed by atoms with van der Waals surface area (Å²) in [5.41, 5.74) is 3.24. The zero-order valence-electron chi connectivity index (χ0n) is 17.0. The maximum Gasteiger partial charge on any atom is 0.248 e. The van der Waals surface area contributed by atoms with E-state index < -0.39 is 16.1 Å². The van der Waals surface area contributed by atoms with E-state index >= 15 is 0 Å². The average molecular weight is 405 g/mol. The first-order valence-corrected chi connectivity index (χ1v) is 11.1. The molecule has 1 N–H and O–H groups in total. The highest BCUT2D eigenvalue weighted by Crippen LogP contribution is 2.26. The predicted octanol–water partition coefficient (Wildman–Crippen LogP) is 3.89. The van der Waals surface area contributed by atoms with Gasteiger partial charge in [-0.3, -0.25) is 9.10 Å². The van der Waals surface area contributed by atoms with Crippen molar-refractivity contribution < 1.29 is 17.9 Å². The van der Waals surface area contributed by atoms with Gasteiger partial charge in [0, 0.05) is 5.69 Å². The smallest absolute Gasteiger partial charge is 0.248 e. The van der Waals surface area contributed by atoms with E-state index in [1.807, 2.05) is 39.0 Å². The topological polar surface area (TPSA) is 75.7 Å². The third-order valence-electron chi connectivity index (χ3n) is 4.51. The van der Waals surface area contributed by atoms with Crippen molar-refractivity contribution in [1.82, 2.24) is 0 Å². The van der Waals surface area contributed by atoms with Crippen LogP contribution >= 0.6 is 0 Å². The van der Waals surface area contributed by atoms with Crippen LogP contribution in [0.25, 0.3) is 0 Å². The number of carbonyl (C=O) groups is 1. The number of hydrogen-bond acceptors (Lipinski definition) is 4. The first-order chi connectivity index (χ1) is 13.2. The highest BCUT2D eigenvalue weighted by Gasteiger charge is 2.31. The minimum absolute atomic E-state index is 0.330. The minimum atomic E-state index is -3.67. The monoisotopic (exact) mass is 404 g/mol. The van der Waals surface area contributed by atoms with Gasteiger partial charge in [-0.2, -0.15) is 0 Å². The number of benzene rings is 2. The summed E-state index contributed by atoms with van der Waals surface area (Å²) < 4.78 is 31.6. The molecule has 0 spiro atoms. The molecule has 0 saturated carbocycles. The lowest BCUT2D eigenvalue weighted by molar-refractivity contribution is -0.117. The summed E-state index contributed by atoms with van der Waals surface area (Å²) in [6.45, 7) is 8.14. The van der Waals surface area contributed by atoms with Crippen molar-refractivity contribution >= 4 is 27.3 Å². The molecule has 0 unspecified atom stereocenters. The first-order valence-electron chi connectivity index (χ1n) is 9.27. The highest BCUT2D eigenvalue weighted by atomic mass is 32.2. The molecule has 1 amide bonds. The van der Waals surface area contributed by atoms with Crippen LogP contribution in [0.1, 0.15) is 31.4 Å². The molecule has 2 rings (SSSR count). The standard InChI is InChI=1S/C21H28N2O4S/c1-6-20(21(24)22-17-9-8-15(3)16(4)14-17)23(28(5,25)26)18-10-12-19(13-11-18)27-7-2/h8-14,20H,6-7H2,1-5H3,(H,22,24)/t20-/m0/s1. The molecule has 0 aliphatic heterocycles. The van der Waals surface area contributed by atoms with E-state index in [9.17, 15) is 13.2 Å². The first kappa shape index (κ1) is 21.8. The quantitative estimate of drug-likeness (QED) is 0.724. The van der Waals surface area contributed by atoms with E-state index in [1.165, 1.54) is 4.31 Å².